The van der Waals surface area contributed by atoms with Gasteiger partial charge >= 0.3 is 0 Å². The van der Waals surface area contributed by atoms with E-state index in [-0.39, 0.29) is 5.91 Å². The predicted octanol–water partition coefficient (Wildman–Crippen LogP) is 2.42. The van der Waals surface area contributed by atoms with E-state index < -0.39 is 0 Å². The van der Waals surface area contributed by atoms with Crippen LogP contribution in [-0.4, -0.2) is 56.7 Å². The number of aromatic nitrogens is 4. The SMILES string of the molecule is Cn1c(-c2cccnc2)nnc1N1CCN(C(=O)Cc2ccc(Cl)cc2)CC1. The molecule has 3 heterocycles. The minimum atomic E-state index is 0.135. The molecule has 0 bridgehead atoms. The summed E-state index contributed by atoms with van der Waals surface area (Å²) in [4.78, 5) is 20.8. The lowest BCUT2D eigenvalue weighted by atomic mass is 10.1. The largest absolute Gasteiger partial charge is 0.339 e. The summed E-state index contributed by atoms with van der Waals surface area (Å²) in [5.41, 5.74) is 1.91. The van der Waals surface area contributed by atoms with Crippen LogP contribution in [0.4, 0.5) is 5.95 Å². The highest BCUT2D eigenvalue weighted by molar-refractivity contribution is 6.30. The molecule has 0 saturated carbocycles. The van der Waals surface area contributed by atoms with Crippen molar-refractivity contribution in [3.05, 3.63) is 59.4 Å². The average Bonchev–Trinajstić information content (AvgIpc) is 3.12. The Kier molecular flexibility index (Phi) is 5.25. The Morgan fingerprint density at radius 1 is 1.07 bits per heavy atom. The molecule has 1 amide bonds. The quantitative estimate of drug-likeness (QED) is 0.677. The zero-order chi connectivity index (χ0) is 19.5. The summed E-state index contributed by atoms with van der Waals surface area (Å²) in [6.45, 7) is 2.79. The molecule has 1 aliphatic heterocycles. The number of nitrogens with zero attached hydrogens (tertiary/aromatic N) is 6. The van der Waals surface area contributed by atoms with Crippen molar-refractivity contribution >= 4 is 23.5 Å². The summed E-state index contributed by atoms with van der Waals surface area (Å²) < 4.78 is 1.97. The molecule has 4 rings (SSSR count). The second-order valence-corrected chi connectivity index (χ2v) is 7.23. The number of anilines is 1. The smallest absolute Gasteiger partial charge is 0.227 e. The van der Waals surface area contributed by atoms with Gasteiger partial charge in [0, 0.05) is 56.2 Å². The molecule has 0 unspecified atom stereocenters. The Morgan fingerprint density at radius 3 is 2.50 bits per heavy atom. The number of hydrogen-bond donors (Lipinski definition) is 0. The number of amides is 1. The molecular weight excluding hydrogens is 376 g/mol. The van der Waals surface area contributed by atoms with Crippen molar-refractivity contribution in [1.29, 1.82) is 0 Å². The van der Waals surface area contributed by atoms with Crippen LogP contribution < -0.4 is 4.90 Å². The maximum atomic E-state index is 12.6. The Balaban J connectivity index is 1.38. The first kappa shape index (κ1) is 18.4. The molecule has 1 fully saturated rings. The fraction of sp³-hybridized carbons (Fsp3) is 0.300. The molecule has 144 valence electrons. The van der Waals surface area contributed by atoms with Crippen LogP contribution in [-0.2, 0) is 18.3 Å². The van der Waals surface area contributed by atoms with Gasteiger partial charge in [0.2, 0.25) is 11.9 Å². The van der Waals surface area contributed by atoms with Gasteiger partial charge in [0.1, 0.15) is 0 Å². The predicted molar refractivity (Wildman–Crippen MR) is 108 cm³/mol. The van der Waals surface area contributed by atoms with E-state index in [0.717, 1.165) is 36.0 Å². The van der Waals surface area contributed by atoms with Gasteiger partial charge in [-0.25, -0.2) is 0 Å². The van der Waals surface area contributed by atoms with Crippen molar-refractivity contribution in [1.82, 2.24) is 24.6 Å². The Hall–Kier alpha value is -2.93. The third kappa shape index (κ3) is 3.84. The van der Waals surface area contributed by atoms with Gasteiger partial charge in [-0.15, -0.1) is 10.2 Å². The highest BCUT2D eigenvalue weighted by Gasteiger charge is 2.24. The molecule has 0 radical (unpaired) electrons. The maximum Gasteiger partial charge on any atom is 0.227 e. The molecular formula is C20H21ClN6O. The summed E-state index contributed by atoms with van der Waals surface area (Å²) in [7, 11) is 1.95. The van der Waals surface area contributed by atoms with E-state index in [2.05, 4.69) is 20.1 Å². The van der Waals surface area contributed by atoms with E-state index in [0.29, 0.717) is 24.5 Å². The number of hydrogen-bond acceptors (Lipinski definition) is 5. The number of piperazine rings is 1. The van der Waals surface area contributed by atoms with E-state index in [9.17, 15) is 4.79 Å². The summed E-state index contributed by atoms with van der Waals surface area (Å²) in [5.74, 6) is 1.73. The van der Waals surface area contributed by atoms with Gasteiger partial charge in [0.25, 0.3) is 0 Å². The Bertz CT molecular complexity index is 949. The first-order valence-corrected chi connectivity index (χ1v) is 9.56. The second-order valence-electron chi connectivity index (χ2n) is 6.80. The molecule has 0 atom stereocenters. The lowest BCUT2D eigenvalue weighted by Crippen LogP contribution is -2.49. The van der Waals surface area contributed by atoms with Crippen molar-refractivity contribution in [2.75, 3.05) is 31.1 Å². The maximum absolute atomic E-state index is 12.6. The van der Waals surface area contributed by atoms with Crippen LogP contribution in [0.5, 0.6) is 0 Å². The lowest BCUT2D eigenvalue weighted by Gasteiger charge is -2.35. The molecule has 1 aromatic carbocycles. The van der Waals surface area contributed by atoms with Crippen molar-refractivity contribution in [3.8, 4) is 11.4 Å². The molecule has 3 aromatic rings. The van der Waals surface area contributed by atoms with Crippen LogP contribution in [0, 0.1) is 0 Å². The molecule has 1 saturated heterocycles. The van der Waals surface area contributed by atoms with Crippen LogP contribution >= 0.6 is 11.6 Å². The van der Waals surface area contributed by atoms with Gasteiger partial charge in [-0.3, -0.25) is 14.3 Å². The topological polar surface area (TPSA) is 67.2 Å². The van der Waals surface area contributed by atoms with E-state index in [1.807, 2.05) is 52.9 Å². The van der Waals surface area contributed by atoms with Gasteiger partial charge in [-0.05, 0) is 29.8 Å². The van der Waals surface area contributed by atoms with Crippen LogP contribution in [0.3, 0.4) is 0 Å². The summed E-state index contributed by atoms with van der Waals surface area (Å²) in [6.07, 6.45) is 3.91. The highest BCUT2D eigenvalue weighted by Crippen LogP contribution is 2.21. The minimum absolute atomic E-state index is 0.135. The molecule has 8 heteroatoms. The molecule has 0 N–H and O–H groups in total. The second kappa shape index (κ2) is 7.98. The molecule has 7 nitrogen and oxygen atoms in total. The first-order valence-electron chi connectivity index (χ1n) is 9.19. The van der Waals surface area contributed by atoms with Gasteiger partial charge < -0.3 is 9.80 Å². The monoisotopic (exact) mass is 396 g/mol. The van der Waals surface area contributed by atoms with Crippen molar-refractivity contribution in [3.63, 3.8) is 0 Å². The van der Waals surface area contributed by atoms with Gasteiger partial charge in [0.05, 0.1) is 6.42 Å². The number of benzene rings is 1. The fourth-order valence-corrected chi connectivity index (χ4v) is 3.51. The lowest BCUT2D eigenvalue weighted by molar-refractivity contribution is -0.130. The summed E-state index contributed by atoms with van der Waals surface area (Å²) >= 11 is 5.91. The van der Waals surface area contributed by atoms with Gasteiger partial charge in [-0.2, -0.15) is 0 Å². The van der Waals surface area contributed by atoms with Crippen LogP contribution in [0.15, 0.2) is 48.8 Å². The van der Waals surface area contributed by atoms with Crippen molar-refractivity contribution in [2.45, 2.75) is 6.42 Å². The zero-order valence-corrected chi connectivity index (χ0v) is 16.4. The Morgan fingerprint density at radius 2 is 1.82 bits per heavy atom. The average molecular weight is 397 g/mol. The summed E-state index contributed by atoms with van der Waals surface area (Å²) in [6, 6.07) is 11.3. The first-order chi connectivity index (χ1) is 13.6. The third-order valence-corrected chi connectivity index (χ3v) is 5.21. The number of halogens is 1. The molecule has 0 spiro atoms. The Labute approximate surface area is 168 Å². The van der Waals surface area contributed by atoms with E-state index in [1.54, 1.807) is 12.4 Å². The van der Waals surface area contributed by atoms with Crippen LogP contribution in [0.2, 0.25) is 5.02 Å². The number of pyridine rings is 1. The van der Waals surface area contributed by atoms with Crippen LogP contribution in [0.1, 0.15) is 5.56 Å². The highest BCUT2D eigenvalue weighted by atomic mass is 35.5. The number of carbonyl (C=O) groups excluding carboxylic acids is 1. The van der Waals surface area contributed by atoms with Gasteiger partial charge in [0.15, 0.2) is 5.82 Å². The van der Waals surface area contributed by atoms with E-state index in [4.69, 9.17) is 11.6 Å². The molecule has 28 heavy (non-hydrogen) atoms. The zero-order valence-electron chi connectivity index (χ0n) is 15.6. The molecule has 0 aliphatic carbocycles. The normalized spacial score (nSPS) is 14.4. The standard InChI is InChI=1S/C20H21ClN6O/c1-25-19(16-3-2-8-22-14-16)23-24-20(25)27-11-9-26(10-12-27)18(28)13-15-4-6-17(21)7-5-15/h2-8,14H,9-13H2,1H3. The van der Waals surface area contributed by atoms with E-state index >= 15 is 0 Å². The van der Waals surface area contributed by atoms with Gasteiger partial charge in [-0.1, -0.05) is 23.7 Å². The molecule has 1 aliphatic rings. The van der Waals surface area contributed by atoms with Crippen LogP contribution in [0.25, 0.3) is 11.4 Å². The number of rotatable bonds is 4. The number of carbonyl (C=O) groups is 1. The minimum Gasteiger partial charge on any atom is -0.339 e. The summed E-state index contributed by atoms with van der Waals surface area (Å²) in [5, 5.41) is 9.35. The molecule has 2 aromatic heterocycles. The van der Waals surface area contributed by atoms with E-state index in [1.165, 1.54) is 0 Å². The fourth-order valence-electron chi connectivity index (χ4n) is 3.39. The van der Waals surface area contributed by atoms with Crippen molar-refractivity contribution in [2.24, 2.45) is 7.05 Å². The van der Waals surface area contributed by atoms with Crippen molar-refractivity contribution < 1.29 is 4.79 Å². The third-order valence-electron chi connectivity index (χ3n) is 4.96.